The van der Waals surface area contributed by atoms with Gasteiger partial charge in [0.1, 0.15) is 0 Å². The van der Waals surface area contributed by atoms with Crippen molar-refractivity contribution in [1.29, 1.82) is 0 Å². The Bertz CT molecular complexity index is 1270. The van der Waals surface area contributed by atoms with Crippen LogP contribution in [-0.2, 0) is 19.9 Å². The van der Waals surface area contributed by atoms with Crippen molar-refractivity contribution in [2.24, 2.45) is 0 Å². The summed E-state index contributed by atoms with van der Waals surface area (Å²) in [5, 5.41) is 0.287. The Morgan fingerprint density at radius 2 is 1.03 bits per heavy atom. The summed E-state index contributed by atoms with van der Waals surface area (Å²) in [5.41, 5.74) is 1.78. The Balaban J connectivity index is 1.49. The van der Waals surface area contributed by atoms with Crippen LogP contribution in [0.1, 0.15) is 0 Å². The molecule has 3 aromatic carbocycles. The van der Waals surface area contributed by atoms with E-state index in [1.807, 2.05) is 12.1 Å². The summed E-state index contributed by atoms with van der Waals surface area (Å²) in [4.78, 5) is 0.267. The van der Waals surface area contributed by atoms with Gasteiger partial charge < -0.3 is 0 Å². The van der Waals surface area contributed by atoms with E-state index < -0.39 is 25.1 Å². The van der Waals surface area contributed by atoms with Gasteiger partial charge in [0.25, 0.3) is 0 Å². The quantitative estimate of drug-likeness (QED) is 0.537. The first-order chi connectivity index (χ1) is 14.2. The summed E-state index contributed by atoms with van der Waals surface area (Å²) >= 11 is 11.7. The fraction of sp³-hybridized carbons (Fsp3) is 0.143. The van der Waals surface area contributed by atoms with Gasteiger partial charge in [0.15, 0.2) is 9.84 Å². The van der Waals surface area contributed by atoms with Gasteiger partial charge in [-0.3, -0.25) is 0 Å². The molecule has 0 amide bonds. The summed E-state index contributed by atoms with van der Waals surface area (Å²) in [7, 11) is -7.38. The van der Waals surface area contributed by atoms with Crippen LogP contribution in [0, 0.1) is 0 Å². The van der Waals surface area contributed by atoms with E-state index in [9.17, 15) is 16.8 Å². The molecule has 0 unspecified atom stereocenters. The Morgan fingerprint density at radius 3 is 1.53 bits per heavy atom. The van der Waals surface area contributed by atoms with Crippen LogP contribution < -0.4 is 0 Å². The van der Waals surface area contributed by atoms with Crippen molar-refractivity contribution in [2.75, 3.05) is 13.1 Å². The molecule has 0 bridgehead atoms. The summed E-state index contributed by atoms with van der Waals surface area (Å²) < 4.78 is 52.3. The SMILES string of the molecule is O=S(=O)(c1ccc(Cl)cc1)C1CN(S(=O)(=O)c2ccc(-c3ccc(Cl)cc3)cc2)C1. The van der Waals surface area contributed by atoms with Crippen molar-refractivity contribution in [3.63, 3.8) is 0 Å². The van der Waals surface area contributed by atoms with E-state index in [2.05, 4.69) is 0 Å². The third kappa shape index (κ3) is 4.00. The first-order valence-corrected chi connectivity index (χ1v) is 12.8. The van der Waals surface area contributed by atoms with Gasteiger partial charge in [-0.15, -0.1) is 0 Å². The fourth-order valence-electron chi connectivity index (χ4n) is 3.22. The lowest BCUT2D eigenvalue weighted by atomic mass is 10.1. The third-order valence-corrected chi connectivity index (χ3v) is 9.52. The van der Waals surface area contributed by atoms with Crippen LogP contribution in [0.4, 0.5) is 0 Å². The Hall–Kier alpha value is -1.90. The highest BCUT2D eigenvalue weighted by Gasteiger charge is 2.44. The van der Waals surface area contributed by atoms with Crippen LogP contribution in [0.5, 0.6) is 0 Å². The highest BCUT2D eigenvalue weighted by atomic mass is 35.5. The van der Waals surface area contributed by atoms with Crippen molar-refractivity contribution in [2.45, 2.75) is 15.0 Å². The van der Waals surface area contributed by atoms with Crippen LogP contribution >= 0.6 is 23.2 Å². The zero-order valence-corrected chi connectivity index (χ0v) is 18.7. The van der Waals surface area contributed by atoms with Gasteiger partial charge in [0, 0.05) is 23.1 Å². The highest BCUT2D eigenvalue weighted by Crippen LogP contribution is 2.30. The number of sulfonamides is 1. The average Bonchev–Trinajstić information content (AvgIpc) is 2.67. The van der Waals surface area contributed by atoms with Crippen molar-refractivity contribution in [3.8, 4) is 11.1 Å². The molecule has 3 aromatic rings. The number of rotatable bonds is 5. The van der Waals surface area contributed by atoms with Crippen LogP contribution in [0.25, 0.3) is 11.1 Å². The van der Waals surface area contributed by atoms with Crippen LogP contribution in [0.15, 0.2) is 82.6 Å². The second-order valence-corrected chi connectivity index (χ2v) is 12.0. The van der Waals surface area contributed by atoms with E-state index in [-0.39, 0.29) is 22.9 Å². The van der Waals surface area contributed by atoms with E-state index in [4.69, 9.17) is 23.2 Å². The second-order valence-electron chi connectivity index (χ2n) is 6.97. The third-order valence-electron chi connectivity index (χ3n) is 5.07. The van der Waals surface area contributed by atoms with Crippen LogP contribution in [0.2, 0.25) is 10.0 Å². The van der Waals surface area contributed by atoms with Gasteiger partial charge >= 0.3 is 0 Å². The van der Waals surface area contributed by atoms with E-state index in [1.165, 1.54) is 40.7 Å². The molecule has 1 heterocycles. The van der Waals surface area contributed by atoms with Gasteiger partial charge in [-0.2, -0.15) is 4.31 Å². The number of hydrogen-bond donors (Lipinski definition) is 0. The van der Waals surface area contributed by atoms with Crippen molar-refractivity contribution in [1.82, 2.24) is 4.31 Å². The molecule has 5 nitrogen and oxygen atoms in total. The smallest absolute Gasteiger partial charge is 0.223 e. The molecule has 4 rings (SSSR count). The van der Waals surface area contributed by atoms with Gasteiger partial charge in [0.2, 0.25) is 10.0 Å². The normalized spacial score (nSPS) is 15.7. The van der Waals surface area contributed by atoms with E-state index in [0.717, 1.165) is 11.1 Å². The van der Waals surface area contributed by atoms with E-state index in [0.29, 0.717) is 10.0 Å². The van der Waals surface area contributed by atoms with Crippen molar-refractivity contribution < 1.29 is 16.8 Å². The van der Waals surface area contributed by atoms with Gasteiger partial charge in [-0.05, 0) is 59.7 Å². The molecule has 0 saturated carbocycles. The molecule has 1 saturated heterocycles. The maximum absolute atomic E-state index is 12.9. The minimum absolute atomic E-state index is 0.0772. The van der Waals surface area contributed by atoms with Gasteiger partial charge in [0.05, 0.1) is 15.0 Å². The summed E-state index contributed by atoms with van der Waals surface area (Å²) in [6, 6.07) is 19.6. The Labute approximate surface area is 185 Å². The molecule has 0 aliphatic carbocycles. The van der Waals surface area contributed by atoms with E-state index >= 15 is 0 Å². The number of sulfone groups is 1. The average molecular weight is 482 g/mol. The van der Waals surface area contributed by atoms with Gasteiger partial charge in [-0.1, -0.05) is 47.5 Å². The molecule has 1 aliphatic heterocycles. The molecular formula is C21H17Cl2NO4S2. The maximum atomic E-state index is 12.9. The molecular weight excluding hydrogens is 465 g/mol. The molecule has 0 atom stereocenters. The van der Waals surface area contributed by atoms with Crippen LogP contribution in [0.3, 0.4) is 0 Å². The topological polar surface area (TPSA) is 71.5 Å². The predicted molar refractivity (Wildman–Crippen MR) is 118 cm³/mol. The first kappa shape index (κ1) is 21.3. The zero-order chi connectivity index (χ0) is 21.5. The number of halogens is 2. The molecule has 0 aromatic heterocycles. The predicted octanol–water partition coefficient (Wildman–Crippen LogP) is 4.51. The number of benzene rings is 3. The summed E-state index contributed by atoms with van der Waals surface area (Å²) in [6.45, 7) is -0.154. The van der Waals surface area contributed by atoms with Crippen LogP contribution in [-0.4, -0.2) is 39.5 Å². The molecule has 1 fully saturated rings. The lowest BCUT2D eigenvalue weighted by Crippen LogP contribution is -2.56. The monoisotopic (exact) mass is 481 g/mol. The molecule has 156 valence electrons. The molecule has 0 radical (unpaired) electrons. The van der Waals surface area contributed by atoms with Crippen molar-refractivity contribution >= 4 is 43.1 Å². The maximum Gasteiger partial charge on any atom is 0.243 e. The zero-order valence-electron chi connectivity index (χ0n) is 15.6. The highest BCUT2D eigenvalue weighted by molar-refractivity contribution is 7.92. The molecule has 9 heteroatoms. The number of hydrogen-bond acceptors (Lipinski definition) is 4. The lowest BCUT2D eigenvalue weighted by Gasteiger charge is -2.37. The second kappa shape index (κ2) is 7.98. The summed E-state index contributed by atoms with van der Waals surface area (Å²) in [6.07, 6.45) is 0. The molecule has 1 aliphatic rings. The summed E-state index contributed by atoms with van der Waals surface area (Å²) in [5.74, 6) is 0. The Morgan fingerprint density at radius 1 is 0.633 bits per heavy atom. The standard InChI is InChI=1S/C21H17Cl2NO4S2/c22-17-5-1-15(2-6-17)16-3-9-20(10-4-16)30(27,28)24-13-21(14-24)29(25,26)19-11-7-18(23)8-12-19/h1-12,21H,13-14H2. The van der Waals surface area contributed by atoms with Gasteiger partial charge in [-0.25, -0.2) is 16.8 Å². The minimum atomic E-state index is -3.76. The minimum Gasteiger partial charge on any atom is -0.223 e. The molecule has 30 heavy (non-hydrogen) atoms. The number of nitrogens with zero attached hydrogens (tertiary/aromatic N) is 1. The molecule has 0 spiro atoms. The largest absolute Gasteiger partial charge is 0.243 e. The molecule has 0 N–H and O–H groups in total. The fourth-order valence-corrected chi connectivity index (χ4v) is 6.84. The Kier molecular flexibility index (Phi) is 5.67. The van der Waals surface area contributed by atoms with Crippen molar-refractivity contribution in [3.05, 3.63) is 82.8 Å². The van der Waals surface area contributed by atoms with E-state index in [1.54, 1.807) is 24.3 Å². The lowest BCUT2D eigenvalue weighted by molar-refractivity contribution is 0.309. The first-order valence-electron chi connectivity index (χ1n) is 9.03.